The molecule has 0 unspecified atom stereocenters. The molecule has 0 aliphatic rings. The van der Waals surface area contributed by atoms with Crippen molar-refractivity contribution >= 4 is 21.4 Å². The van der Waals surface area contributed by atoms with E-state index in [0.29, 0.717) is 5.39 Å². The summed E-state index contributed by atoms with van der Waals surface area (Å²) in [5.41, 5.74) is -0.516. The van der Waals surface area contributed by atoms with Crippen molar-refractivity contribution in [3.05, 3.63) is 27.9 Å². The lowest BCUT2D eigenvalue weighted by atomic mass is 10.3. The standard InChI is InChI=1S/C7H4O3S/c8-6-3-5-4(1-2-11-5)7(9)10-6/h1-3,9H. The molecule has 0 atom stereocenters. The summed E-state index contributed by atoms with van der Waals surface area (Å²) in [7, 11) is 0. The molecule has 0 radical (unpaired) electrons. The summed E-state index contributed by atoms with van der Waals surface area (Å²) in [6.45, 7) is 0. The van der Waals surface area contributed by atoms with Gasteiger partial charge in [0.05, 0.1) is 5.39 Å². The van der Waals surface area contributed by atoms with E-state index < -0.39 is 5.63 Å². The monoisotopic (exact) mass is 168 g/mol. The maximum Gasteiger partial charge on any atom is 0.340 e. The highest BCUT2D eigenvalue weighted by atomic mass is 32.1. The van der Waals surface area contributed by atoms with Crippen LogP contribution in [0.1, 0.15) is 0 Å². The molecule has 2 aromatic heterocycles. The first-order chi connectivity index (χ1) is 5.27. The van der Waals surface area contributed by atoms with Crippen molar-refractivity contribution in [3.63, 3.8) is 0 Å². The first kappa shape index (κ1) is 6.42. The van der Waals surface area contributed by atoms with Crippen molar-refractivity contribution in [2.45, 2.75) is 0 Å². The fourth-order valence-electron chi connectivity index (χ4n) is 0.896. The van der Waals surface area contributed by atoms with Crippen molar-refractivity contribution in [2.75, 3.05) is 0 Å². The smallest absolute Gasteiger partial charge is 0.340 e. The zero-order valence-electron chi connectivity index (χ0n) is 5.40. The Hall–Kier alpha value is -1.29. The van der Waals surface area contributed by atoms with Crippen LogP contribution in [0.25, 0.3) is 10.1 Å². The molecule has 2 heterocycles. The van der Waals surface area contributed by atoms with Gasteiger partial charge in [-0.2, -0.15) is 0 Å². The summed E-state index contributed by atoms with van der Waals surface area (Å²) in [6, 6.07) is 3.07. The van der Waals surface area contributed by atoms with Gasteiger partial charge in [-0.15, -0.1) is 11.3 Å². The molecule has 0 bridgehead atoms. The maximum absolute atomic E-state index is 10.7. The van der Waals surface area contributed by atoms with Gasteiger partial charge in [0.1, 0.15) is 0 Å². The van der Waals surface area contributed by atoms with E-state index in [0.717, 1.165) is 4.70 Å². The highest BCUT2D eigenvalue weighted by molar-refractivity contribution is 7.17. The highest BCUT2D eigenvalue weighted by Crippen LogP contribution is 2.26. The normalized spacial score (nSPS) is 10.5. The van der Waals surface area contributed by atoms with Gasteiger partial charge < -0.3 is 9.52 Å². The van der Waals surface area contributed by atoms with Crippen LogP contribution in [0.15, 0.2) is 26.7 Å². The first-order valence-electron chi connectivity index (χ1n) is 2.98. The van der Waals surface area contributed by atoms with Crippen molar-refractivity contribution < 1.29 is 9.52 Å². The fourth-order valence-corrected chi connectivity index (χ4v) is 1.69. The van der Waals surface area contributed by atoms with Crippen molar-refractivity contribution in [1.82, 2.24) is 0 Å². The average molecular weight is 168 g/mol. The van der Waals surface area contributed by atoms with Gasteiger partial charge in [-0.1, -0.05) is 0 Å². The van der Waals surface area contributed by atoms with E-state index in [1.165, 1.54) is 17.4 Å². The average Bonchev–Trinajstić information content (AvgIpc) is 2.34. The Kier molecular flexibility index (Phi) is 1.22. The topological polar surface area (TPSA) is 50.4 Å². The second-order valence-corrected chi connectivity index (χ2v) is 3.02. The highest BCUT2D eigenvalue weighted by Gasteiger charge is 2.03. The van der Waals surface area contributed by atoms with Crippen molar-refractivity contribution in [2.24, 2.45) is 0 Å². The molecular weight excluding hydrogens is 164 g/mol. The Labute approximate surface area is 65.5 Å². The SMILES string of the molecule is O=c1cc2sccc2c(O)o1. The van der Waals surface area contributed by atoms with E-state index in [9.17, 15) is 4.79 Å². The molecule has 1 N–H and O–H groups in total. The van der Waals surface area contributed by atoms with E-state index in [2.05, 4.69) is 4.42 Å². The molecule has 0 aromatic carbocycles. The Balaban J connectivity index is 3.02. The molecule has 0 spiro atoms. The molecular formula is C7H4O3S. The molecule has 4 heteroatoms. The zero-order valence-corrected chi connectivity index (χ0v) is 6.22. The summed E-state index contributed by atoms with van der Waals surface area (Å²) >= 11 is 1.40. The minimum absolute atomic E-state index is 0.297. The number of hydrogen-bond donors (Lipinski definition) is 1. The second kappa shape index (κ2) is 2.10. The Bertz CT molecular complexity index is 440. The molecule has 0 aliphatic carbocycles. The van der Waals surface area contributed by atoms with Gasteiger partial charge in [0, 0.05) is 10.8 Å². The minimum Gasteiger partial charge on any atom is -0.480 e. The molecule has 0 saturated heterocycles. The Morgan fingerprint density at radius 1 is 1.55 bits per heavy atom. The number of thiophene rings is 1. The summed E-state index contributed by atoms with van der Waals surface area (Å²) in [4.78, 5) is 10.7. The summed E-state index contributed by atoms with van der Waals surface area (Å²) in [5, 5.41) is 11.5. The van der Waals surface area contributed by atoms with Crippen LogP contribution >= 0.6 is 11.3 Å². The number of rotatable bonds is 0. The van der Waals surface area contributed by atoms with E-state index >= 15 is 0 Å². The summed E-state index contributed by atoms with van der Waals surface area (Å²) < 4.78 is 5.20. The zero-order chi connectivity index (χ0) is 7.84. The molecule has 0 aliphatic heterocycles. The second-order valence-electron chi connectivity index (χ2n) is 2.07. The molecule has 11 heavy (non-hydrogen) atoms. The van der Waals surface area contributed by atoms with E-state index in [1.807, 2.05) is 0 Å². The van der Waals surface area contributed by atoms with Gasteiger partial charge in [-0.3, -0.25) is 0 Å². The van der Waals surface area contributed by atoms with Gasteiger partial charge in [0.2, 0.25) is 0 Å². The van der Waals surface area contributed by atoms with Gasteiger partial charge >= 0.3 is 5.63 Å². The molecule has 0 fully saturated rings. The molecule has 2 rings (SSSR count). The molecule has 3 nitrogen and oxygen atoms in total. The van der Waals surface area contributed by atoms with Crippen molar-refractivity contribution in [1.29, 1.82) is 0 Å². The van der Waals surface area contributed by atoms with Gasteiger partial charge in [-0.25, -0.2) is 4.79 Å². The van der Waals surface area contributed by atoms with Gasteiger partial charge in [0.15, 0.2) is 0 Å². The van der Waals surface area contributed by atoms with Crippen LogP contribution in [0.4, 0.5) is 0 Å². The Morgan fingerprint density at radius 2 is 2.36 bits per heavy atom. The number of fused-ring (bicyclic) bond motifs is 1. The van der Waals surface area contributed by atoms with E-state index in [4.69, 9.17) is 5.11 Å². The van der Waals surface area contributed by atoms with Crippen LogP contribution in [0.3, 0.4) is 0 Å². The molecule has 0 saturated carbocycles. The van der Waals surface area contributed by atoms with Crippen LogP contribution in [0.5, 0.6) is 5.95 Å². The van der Waals surface area contributed by atoms with Crippen LogP contribution in [0, 0.1) is 0 Å². The van der Waals surface area contributed by atoms with Crippen LogP contribution < -0.4 is 5.63 Å². The maximum atomic E-state index is 10.7. The lowest BCUT2D eigenvalue weighted by Crippen LogP contribution is -1.93. The number of aromatic hydroxyl groups is 1. The fraction of sp³-hybridized carbons (Fsp3) is 0. The lowest BCUT2D eigenvalue weighted by Gasteiger charge is -1.89. The summed E-state index contributed by atoms with van der Waals surface area (Å²) in [6.07, 6.45) is 0. The van der Waals surface area contributed by atoms with Gasteiger partial charge in [-0.05, 0) is 11.4 Å². The first-order valence-corrected chi connectivity index (χ1v) is 3.85. The van der Waals surface area contributed by atoms with Crippen LogP contribution in [0.2, 0.25) is 0 Å². The quantitative estimate of drug-likeness (QED) is 0.649. The van der Waals surface area contributed by atoms with E-state index in [1.54, 1.807) is 11.4 Å². The molecule has 56 valence electrons. The van der Waals surface area contributed by atoms with Crippen LogP contribution in [-0.2, 0) is 0 Å². The lowest BCUT2D eigenvalue weighted by molar-refractivity contribution is 0.317. The Morgan fingerprint density at radius 3 is 3.18 bits per heavy atom. The number of hydrogen-bond acceptors (Lipinski definition) is 4. The third-order valence-electron chi connectivity index (χ3n) is 1.37. The third-order valence-corrected chi connectivity index (χ3v) is 2.24. The molecule has 2 aromatic rings. The summed E-state index contributed by atoms with van der Waals surface area (Å²) in [5.74, 6) is -0.297. The predicted octanol–water partition coefficient (Wildman–Crippen LogP) is 1.56. The van der Waals surface area contributed by atoms with Crippen LogP contribution in [-0.4, -0.2) is 5.11 Å². The predicted molar refractivity (Wildman–Crippen MR) is 42.0 cm³/mol. The third kappa shape index (κ3) is 0.914. The van der Waals surface area contributed by atoms with E-state index in [-0.39, 0.29) is 5.95 Å². The van der Waals surface area contributed by atoms with Crippen molar-refractivity contribution in [3.8, 4) is 5.95 Å². The largest absolute Gasteiger partial charge is 0.480 e. The van der Waals surface area contributed by atoms with Gasteiger partial charge in [0.25, 0.3) is 5.95 Å². The minimum atomic E-state index is -0.516. The molecule has 0 amide bonds.